The standard InChI is InChI=1S/C24H26N2O5/c1-14(10-22(27)28)26-23(29)20-11-15(20)12-25-24(30)31-13-21-18-8-4-2-6-16(18)17-7-3-5-9-19(17)21/h2-9,14-15,20-21H,10-13H2,1H3,(H,25,30)(H,26,29)(H,27,28)/t14-,15?,20?/m0/s1. The van der Waals surface area contributed by atoms with Crippen LogP contribution in [-0.2, 0) is 14.3 Å². The molecule has 2 unspecified atom stereocenters. The SMILES string of the molecule is C[C@@H](CC(=O)O)NC(=O)C1CC1CNC(=O)OCC1c2ccccc2-c2ccccc21. The zero-order valence-electron chi connectivity index (χ0n) is 17.3. The largest absolute Gasteiger partial charge is 0.481 e. The molecule has 0 radical (unpaired) electrons. The van der Waals surface area contributed by atoms with E-state index in [0.717, 1.165) is 11.1 Å². The highest BCUT2D eigenvalue weighted by Crippen LogP contribution is 2.44. The Balaban J connectivity index is 1.24. The topological polar surface area (TPSA) is 105 Å². The van der Waals surface area contributed by atoms with Crippen molar-refractivity contribution in [2.24, 2.45) is 11.8 Å². The van der Waals surface area contributed by atoms with Crippen LogP contribution in [0, 0.1) is 11.8 Å². The van der Waals surface area contributed by atoms with Crippen molar-refractivity contribution in [3.05, 3.63) is 59.7 Å². The summed E-state index contributed by atoms with van der Waals surface area (Å²) in [4.78, 5) is 35.1. The highest BCUT2D eigenvalue weighted by Gasteiger charge is 2.43. The molecule has 7 heteroatoms. The molecule has 2 aliphatic rings. The highest BCUT2D eigenvalue weighted by atomic mass is 16.5. The van der Waals surface area contributed by atoms with E-state index in [1.807, 2.05) is 24.3 Å². The molecule has 0 aliphatic heterocycles. The van der Waals surface area contributed by atoms with E-state index >= 15 is 0 Å². The van der Waals surface area contributed by atoms with Crippen LogP contribution in [0.2, 0.25) is 0 Å². The third-order valence-electron chi connectivity index (χ3n) is 5.98. The second-order valence-electron chi connectivity index (χ2n) is 8.32. The second kappa shape index (κ2) is 8.79. The summed E-state index contributed by atoms with van der Waals surface area (Å²) in [7, 11) is 0. The van der Waals surface area contributed by atoms with Crippen molar-refractivity contribution in [2.45, 2.75) is 31.7 Å². The molecule has 4 rings (SSSR count). The van der Waals surface area contributed by atoms with Gasteiger partial charge in [0.05, 0.1) is 6.42 Å². The summed E-state index contributed by atoms with van der Waals surface area (Å²) in [6, 6.07) is 15.9. The molecule has 0 aromatic heterocycles. The average Bonchev–Trinajstić information content (AvgIpc) is 3.46. The number of alkyl carbamates (subject to hydrolysis) is 1. The van der Waals surface area contributed by atoms with Gasteiger partial charge in [-0.25, -0.2) is 4.79 Å². The Morgan fingerprint density at radius 3 is 2.29 bits per heavy atom. The maximum Gasteiger partial charge on any atom is 0.407 e. The molecule has 2 aromatic carbocycles. The second-order valence-corrected chi connectivity index (χ2v) is 8.32. The molecule has 0 saturated heterocycles. The minimum Gasteiger partial charge on any atom is -0.481 e. The molecule has 1 saturated carbocycles. The third kappa shape index (κ3) is 4.71. The number of rotatable bonds is 8. The van der Waals surface area contributed by atoms with Crippen molar-refractivity contribution in [2.75, 3.05) is 13.2 Å². The Labute approximate surface area is 180 Å². The number of hydrogen-bond acceptors (Lipinski definition) is 4. The zero-order valence-corrected chi connectivity index (χ0v) is 17.3. The van der Waals surface area contributed by atoms with Crippen molar-refractivity contribution >= 4 is 18.0 Å². The number of benzene rings is 2. The number of nitrogens with one attached hydrogen (secondary N) is 2. The van der Waals surface area contributed by atoms with Gasteiger partial charge in [-0.2, -0.15) is 0 Å². The molecule has 0 spiro atoms. The fourth-order valence-corrected chi connectivity index (χ4v) is 4.32. The number of amides is 2. The van der Waals surface area contributed by atoms with Gasteiger partial charge in [0.15, 0.2) is 0 Å². The van der Waals surface area contributed by atoms with Gasteiger partial charge in [0.1, 0.15) is 6.61 Å². The molecule has 3 N–H and O–H groups in total. The van der Waals surface area contributed by atoms with E-state index in [4.69, 9.17) is 9.84 Å². The molecule has 0 heterocycles. The van der Waals surface area contributed by atoms with Gasteiger partial charge in [-0.1, -0.05) is 48.5 Å². The maximum atomic E-state index is 12.2. The zero-order chi connectivity index (χ0) is 22.0. The Hall–Kier alpha value is -3.35. The summed E-state index contributed by atoms with van der Waals surface area (Å²) in [5.74, 6) is -1.24. The molecule has 3 atom stereocenters. The van der Waals surface area contributed by atoms with E-state index in [9.17, 15) is 14.4 Å². The quantitative estimate of drug-likeness (QED) is 0.606. The number of carbonyl (C=O) groups is 3. The van der Waals surface area contributed by atoms with Crippen LogP contribution < -0.4 is 10.6 Å². The smallest absolute Gasteiger partial charge is 0.407 e. The van der Waals surface area contributed by atoms with Crippen LogP contribution in [0.15, 0.2) is 48.5 Å². The lowest BCUT2D eigenvalue weighted by molar-refractivity contribution is -0.137. The summed E-state index contributed by atoms with van der Waals surface area (Å²) in [6.07, 6.45) is 0.0725. The summed E-state index contributed by atoms with van der Waals surface area (Å²) in [6.45, 7) is 2.28. The molecule has 2 aromatic rings. The Morgan fingerprint density at radius 2 is 1.68 bits per heavy atom. The monoisotopic (exact) mass is 422 g/mol. The Kier molecular flexibility index (Phi) is 5.93. The highest BCUT2D eigenvalue weighted by molar-refractivity contribution is 5.82. The van der Waals surface area contributed by atoms with Crippen molar-refractivity contribution in [1.29, 1.82) is 0 Å². The Morgan fingerprint density at radius 1 is 1.06 bits per heavy atom. The van der Waals surface area contributed by atoms with Gasteiger partial charge in [-0.3, -0.25) is 9.59 Å². The normalized spacial score (nSPS) is 19.6. The van der Waals surface area contributed by atoms with E-state index in [1.54, 1.807) is 6.92 Å². The fourth-order valence-electron chi connectivity index (χ4n) is 4.32. The third-order valence-corrected chi connectivity index (χ3v) is 5.98. The lowest BCUT2D eigenvalue weighted by atomic mass is 9.98. The first-order chi connectivity index (χ1) is 14.9. The van der Waals surface area contributed by atoms with Gasteiger partial charge in [0, 0.05) is 24.4 Å². The lowest BCUT2D eigenvalue weighted by Crippen LogP contribution is -2.36. The Bertz CT molecular complexity index is 959. The van der Waals surface area contributed by atoms with E-state index in [-0.39, 0.29) is 36.7 Å². The summed E-state index contributed by atoms with van der Waals surface area (Å²) in [5.41, 5.74) is 4.67. The summed E-state index contributed by atoms with van der Waals surface area (Å²) in [5, 5.41) is 14.2. The number of hydrogen-bond donors (Lipinski definition) is 3. The van der Waals surface area contributed by atoms with Gasteiger partial charge < -0.3 is 20.5 Å². The van der Waals surface area contributed by atoms with Crippen molar-refractivity contribution in [3.63, 3.8) is 0 Å². The number of carboxylic acids is 1. The molecule has 2 aliphatic carbocycles. The molecular weight excluding hydrogens is 396 g/mol. The maximum absolute atomic E-state index is 12.2. The first-order valence-corrected chi connectivity index (χ1v) is 10.5. The molecule has 2 amide bonds. The van der Waals surface area contributed by atoms with Crippen molar-refractivity contribution in [1.82, 2.24) is 10.6 Å². The van der Waals surface area contributed by atoms with Crippen LogP contribution in [0.3, 0.4) is 0 Å². The van der Waals surface area contributed by atoms with Gasteiger partial charge in [-0.05, 0) is 41.5 Å². The van der Waals surface area contributed by atoms with Crippen molar-refractivity contribution < 1.29 is 24.2 Å². The molecule has 1 fully saturated rings. The van der Waals surface area contributed by atoms with Crippen LogP contribution in [0.5, 0.6) is 0 Å². The molecule has 0 bridgehead atoms. The van der Waals surface area contributed by atoms with Crippen LogP contribution in [0.4, 0.5) is 4.79 Å². The van der Waals surface area contributed by atoms with E-state index in [0.29, 0.717) is 13.0 Å². The van der Waals surface area contributed by atoms with E-state index in [2.05, 4.69) is 34.9 Å². The number of aliphatic carboxylic acids is 1. The van der Waals surface area contributed by atoms with Crippen LogP contribution in [0.1, 0.15) is 36.8 Å². The minimum absolute atomic E-state index is 0.00771. The average molecular weight is 422 g/mol. The van der Waals surface area contributed by atoms with E-state index in [1.165, 1.54) is 11.1 Å². The summed E-state index contributed by atoms with van der Waals surface area (Å²) < 4.78 is 5.51. The number of carboxylic acid groups (broad SMARTS) is 1. The molecule has 7 nitrogen and oxygen atoms in total. The molecular formula is C24H26N2O5. The van der Waals surface area contributed by atoms with Gasteiger partial charge in [0.25, 0.3) is 0 Å². The number of fused-ring (bicyclic) bond motifs is 3. The predicted molar refractivity (Wildman–Crippen MR) is 115 cm³/mol. The van der Waals surface area contributed by atoms with Crippen molar-refractivity contribution in [3.8, 4) is 11.1 Å². The minimum atomic E-state index is -0.947. The van der Waals surface area contributed by atoms with Gasteiger partial charge in [-0.15, -0.1) is 0 Å². The van der Waals surface area contributed by atoms with Gasteiger partial charge in [0.2, 0.25) is 5.91 Å². The van der Waals surface area contributed by atoms with Crippen LogP contribution >= 0.6 is 0 Å². The van der Waals surface area contributed by atoms with Crippen LogP contribution in [0.25, 0.3) is 11.1 Å². The summed E-state index contributed by atoms with van der Waals surface area (Å²) >= 11 is 0. The van der Waals surface area contributed by atoms with E-state index < -0.39 is 18.1 Å². The molecule has 31 heavy (non-hydrogen) atoms. The fraction of sp³-hybridized carbons (Fsp3) is 0.375. The molecule has 162 valence electrons. The lowest BCUT2D eigenvalue weighted by Gasteiger charge is -2.14. The number of ether oxygens (including phenoxy) is 1. The number of carbonyl (C=O) groups excluding carboxylic acids is 2. The predicted octanol–water partition coefficient (Wildman–Crippen LogP) is 3.14. The first-order valence-electron chi connectivity index (χ1n) is 10.5. The van der Waals surface area contributed by atoms with Gasteiger partial charge >= 0.3 is 12.1 Å². The van der Waals surface area contributed by atoms with Crippen LogP contribution in [-0.4, -0.2) is 42.3 Å². The first kappa shape index (κ1) is 20.9.